The molecule has 3 heterocycles. The van der Waals surface area contributed by atoms with E-state index in [1.807, 2.05) is 24.3 Å². The summed E-state index contributed by atoms with van der Waals surface area (Å²) >= 11 is 0. The fraction of sp³-hybridized carbons (Fsp3) is 0.438. The predicted molar refractivity (Wildman–Crippen MR) is 87.1 cm³/mol. The molecule has 0 saturated carbocycles. The maximum Gasteiger partial charge on any atom is 0.251 e. The third kappa shape index (κ3) is 2.66. The van der Waals surface area contributed by atoms with Crippen molar-refractivity contribution in [2.75, 3.05) is 25.4 Å². The molecule has 1 aromatic carbocycles. The summed E-state index contributed by atoms with van der Waals surface area (Å²) in [5.41, 5.74) is 7.43. The summed E-state index contributed by atoms with van der Waals surface area (Å²) in [5.74, 6) is 0.970. The smallest absolute Gasteiger partial charge is 0.251 e. The lowest BCUT2D eigenvalue weighted by Gasteiger charge is -2.30. The van der Waals surface area contributed by atoms with Gasteiger partial charge in [0, 0.05) is 17.8 Å². The number of halogens is 2. The van der Waals surface area contributed by atoms with Crippen molar-refractivity contribution < 1.29 is 8.78 Å². The topological polar surface area (TPSA) is 72.3 Å². The Balaban J connectivity index is 1.72. The van der Waals surface area contributed by atoms with Gasteiger partial charge in [-0.05, 0) is 31.5 Å². The Hall–Kier alpha value is -2.35. The van der Waals surface area contributed by atoms with Crippen molar-refractivity contribution in [2.24, 2.45) is 0 Å². The molecule has 1 unspecified atom stereocenters. The van der Waals surface area contributed by atoms with Crippen LogP contribution in [0.5, 0.6) is 0 Å². The number of para-hydroxylation sites is 1. The van der Waals surface area contributed by atoms with Crippen LogP contribution in [0.1, 0.15) is 24.6 Å². The Morgan fingerprint density at radius 2 is 2.08 bits per heavy atom. The third-order valence-electron chi connectivity index (χ3n) is 4.49. The maximum absolute atomic E-state index is 12.6. The molecule has 1 fully saturated rings. The van der Waals surface area contributed by atoms with E-state index in [0.29, 0.717) is 24.6 Å². The molecule has 6 nitrogen and oxygen atoms in total. The molecule has 126 valence electrons. The lowest BCUT2D eigenvalue weighted by atomic mass is 9.97. The quantitative estimate of drug-likeness (QED) is 0.797. The summed E-state index contributed by atoms with van der Waals surface area (Å²) < 4.78 is 26.8. The second-order valence-corrected chi connectivity index (χ2v) is 6.18. The first-order valence-corrected chi connectivity index (χ1v) is 8.03. The molecule has 0 spiro atoms. The first-order valence-electron chi connectivity index (χ1n) is 8.03. The zero-order chi connectivity index (χ0) is 16.7. The lowest BCUT2D eigenvalue weighted by Crippen LogP contribution is -2.37. The molecule has 1 atom stereocenters. The van der Waals surface area contributed by atoms with Gasteiger partial charge in [0.1, 0.15) is 0 Å². The summed E-state index contributed by atoms with van der Waals surface area (Å²) in [5, 5.41) is 5.38. The van der Waals surface area contributed by atoms with Crippen LogP contribution in [-0.4, -0.2) is 50.5 Å². The number of hydrogen-bond acceptors (Lipinski definition) is 5. The van der Waals surface area contributed by atoms with Crippen LogP contribution in [0.15, 0.2) is 24.3 Å². The number of hydrogen-bond donors (Lipinski definition) is 1. The fourth-order valence-electron chi connectivity index (χ4n) is 3.39. The average molecular weight is 332 g/mol. The van der Waals surface area contributed by atoms with Crippen molar-refractivity contribution in [3.8, 4) is 0 Å². The van der Waals surface area contributed by atoms with Crippen LogP contribution in [-0.2, 0) is 0 Å². The molecule has 0 radical (unpaired) electrons. The first-order chi connectivity index (χ1) is 11.6. The Bertz CT molecular complexity index is 878. The molecule has 3 aromatic rings. The van der Waals surface area contributed by atoms with E-state index in [1.54, 1.807) is 9.42 Å². The molecule has 0 aliphatic carbocycles. The summed E-state index contributed by atoms with van der Waals surface area (Å²) in [4.78, 5) is 10.8. The number of nitrogens with zero attached hydrogens (tertiary/aromatic N) is 5. The van der Waals surface area contributed by atoms with Crippen molar-refractivity contribution in [3.63, 3.8) is 0 Å². The summed E-state index contributed by atoms with van der Waals surface area (Å²) in [7, 11) is 0. The van der Waals surface area contributed by atoms with Gasteiger partial charge in [0.05, 0.1) is 12.1 Å². The SMILES string of the molecule is Nc1nc2ccccc2c2nc(C3CCCN(CC(F)F)C3)nn12. The van der Waals surface area contributed by atoms with Crippen LogP contribution in [0.25, 0.3) is 16.6 Å². The highest BCUT2D eigenvalue weighted by molar-refractivity contribution is 5.92. The van der Waals surface area contributed by atoms with Gasteiger partial charge in [-0.1, -0.05) is 12.1 Å². The minimum absolute atomic E-state index is 0.0376. The number of benzene rings is 1. The van der Waals surface area contributed by atoms with Gasteiger partial charge in [0.2, 0.25) is 5.95 Å². The molecule has 1 saturated heterocycles. The van der Waals surface area contributed by atoms with E-state index in [0.717, 1.165) is 23.7 Å². The molecule has 0 bridgehead atoms. The van der Waals surface area contributed by atoms with Crippen molar-refractivity contribution in [1.29, 1.82) is 0 Å². The molecule has 1 aliphatic heterocycles. The number of rotatable bonds is 3. The zero-order valence-electron chi connectivity index (χ0n) is 13.1. The molecule has 24 heavy (non-hydrogen) atoms. The van der Waals surface area contributed by atoms with Crippen LogP contribution < -0.4 is 5.73 Å². The second-order valence-electron chi connectivity index (χ2n) is 6.18. The minimum Gasteiger partial charge on any atom is -0.368 e. The van der Waals surface area contributed by atoms with Crippen LogP contribution in [0.4, 0.5) is 14.7 Å². The highest BCUT2D eigenvalue weighted by Gasteiger charge is 2.27. The third-order valence-corrected chi connectivity index (χ3v) is 4.49. The average Bonchev–Trinajstić information content (AvgIpc) is 3.01. The van der Waals surface area contributed by atoms with E-state index < -0.39 is 6.43 Å². The molecule has 8 heteroatoms. The molecule has 2 aromatic heterocycles. The van der Waals surface area contributed by atoms with Crippen molar-refractivity contribution in [1.82, 2.24) is 24.5 Å². The van der Waals surface area contributed by atoms with E-state index in [9.17, 15) is 8.78 Å². The van der Waals surface area contributed by atoms with E-state index >= 15 is 0 Å². The minimum atomic E-state index is -2.32. The number of piperidine rings is 1. The van der Waals surface area contributed by atoms with E-state index in [2.05, 4.69) is 15.1 Å². The van der Waals surface area contributed by atoms with E-state index in [4.69, 9.17) is 5.73 Å². The number of anilines is 1. The zero-order valence-corrected chi connectivity index (χ0v) is 13.1. The van der Waals surface area contributed by atoms with Crippen LogP contribution in [0.3, 0.4) is 0 Å². The highest BCUT2D eigenvalue weighted by Crippen LogP contribution is 2.27. The highest BCUT2D eigenvalue weighted by atomic mass is 19.3. The Morgan fingerprint density at radius 3 is 2.92 bits per heavy atom. The number of nitrogen functional groups attached to an aromatic ring is 1. The molecule has 2 N–H and O–H groups in total. The first kappa shape index (κ1) is 15.2. The summed E-state index contributed by atoms with van der Waals surface area (Å²) in [6.45, 7) is 1.05. The standard InChI is InChI=1S/C16H18F2N6/c17-13(18)9-23-7-3-4-10(8-23)14-21-15-11-5-1-2-6-12(11)20-16(19)24(15)22-14/h1-2,5-6,10,13H,3-4,7-9H2,(H2,19,20). The van der Waals surface area contributed by atoms with Gasteiger partial charge in [-0.3, -0.25) is 4.90 Å². The lowest BCUT2D eigenvalue weighted by molar-refractivity contribution is 0.0731. The van der Waals surface area contributed by atoms with Gasteiger partial charge < -0.3 is 5.73 Å². The van der Waals surface area contributed by atoms with Crippen molar-refractivity contribution >= 4 is 22.5 Å². The molecule has 1 aliphatic rings. The monoisotopic (exact) mass is 332 g/mol. The van der Waals surface area contributed by atoms with Gasteiger partial charge in [0.25, 0.3) is 6.43 Å². The fourth-order valence-corrected chi connectivity index (χ4v) is 3.39. The van der Waals surface area contributed by atoms with E-state index in [-0.39, 0.29) is 18.4 Å². The number of likely N-dealkylation sites (tertiary alicyclic amines) is 1. The Morgan fingerprint density at radius 1 is 1.25 bits per heavy atom. The van der Waals surface area contributed by atoms with Crippen molar-refractivity contribution in [3.05, 3.63) is 30.1 Å². The largest absolute Gasteiger partial charge is 0.368 e. The number of aromatic nitrogens is 4. The Labute approximate surface area is 137 Å². The van der Waals surface area contributed by atoms with Crippen molar-refractivity contribution in [2.45, 2.75) is 25.2 Å². The van der Waals surface area contributed by atoms with Gasteiger partial charge in [-0.2, -0.15) is 4.52 Å². The van der Waals surface area contributed by atoms with Crippen LogP contribution in [0, 0.1) is 0 Å². The van der Waals surface area contributed by atoms with Crippen LogP contribution >= 0.6 is 0 Å². The molecular weight excluding hydrogens is 314 g/mol. The Kier molecular flexibility index (Phi) is 3.76. The number of fused-ring (bicyclic) bond motifs is 3. The predicted octanol–water partition coefficient (Wildman–Crippen LogP) is 2.30. The van der Waals surface area contributed by atoms with Gasteiger partial charge >= 0.3 is 0 Å². The van der Waals surface area contributed by atoms with Gasteiger partial charge in [-0.15, -0.1) is 5.10 Å². The van der Waals surface area contributed by atoms with Gasteiger partial charge in [-0.25, -0.2) is 18.7 Å². The molecule has 4 rings (SSSR count). The van der Waals surface area contributed by atoms with Crippen LogP contribution in [0.2, 0.25) is 0 Å². The second kappa shape index (κ2) is 5.94. The maximum atomic E-state index is 12.6. The molecular formula is C16H18F2N6. The van der Waals surface area contributed by atoms with Gasteiger partial charge in [0.15, 0.2) is 11.5 Å². The summed E-state index contributed by atoms with van der Waals surface area (Å²) in [6, 6.07) is 7.62. The molecule has 0 amide bonds. The summed E-state index contributed by atoms with van der Waals surface area (Å²) in [6.07, 6.45) is -0.565. The number of nitrogens with two attached hydrogens (primary N) is 1. The normalized spacial score (nSPS) is 19.5. The number of alkyl halides is 2. The van der Waals surface area contributed by atoms with E-state index in [1.165, 1.54) is 0 Å².